The van der Waals surface area contributed by atoms with Gasteiger partial charge < -0.3 is 14.8 Å². The van der Waals surface area contributed by atoms with Crippen LogP contribution in [0.15, 0.2) is 78.0 Å². The summed E-state index contributed by atoms with van der Waals surface area (Å²) in [7, 11) is 0. The Morgan fingerprint density at radius 3 is 2.73 bits per heavy atom. The van der Waals surface area contributed by atoms with Gasteiger partial charge in [0.25, 0.3) is 0 Å². The van der Waals surface area contributed by atoms with Crippen molar-refractivity contribution in [3.05, 3.63) is 88.9 Å². The molecule has 0 spiro atoms. The van der Waals surface area contributed by atoms with Gasteiger partial charge in [0.1, 0.15) is 5.75 Å². The molecule has 1 aliphatic heterocycles. The Labute approximate surface area is 201 Å². The highest BCUT2D eigenvalue weighted by Crippen LogP contribution is 2.40. The molecule has 1 aromatic heterocycles. The van der Waals surface area contributed by atoms with E-state index in [0.717, 1.165) is 28.1 Å². The van der Waals surface area contributed by atoms with Crippen LogP contribution < -0.4 is 14.8 Å². The largest absolute Gasteiger partial charge is 0.494 e. The third-order valence-electron chi connectivity index (χ3n) is 5.09. The van der Waals surface area contributed by atoms with E-state index in [1.54, 1.807) is 0 Å². The van der Waals surface area contributed by atoms with E-state index < -0.39 is 6.23 Å². The predicted molar refractivity (Wildman–Crippen MR) is 131 cm³/mol. The fourth-order valence-electron chi connectivity index (χ4n) is 3.52. The van der Waals surface area contributed by atoms with Crippen LogP contribution in [0.3, 0.4) is 0 Å². The number of halogens is 1. The van der Waals surface area contributed by atoms with E-state index in [4.69, 9.17) is 26.1 Å². The van der Waals surface area contributed by atoms with Gasteiger partial charge >= 0.3 is 0 Å². The molecule has 0 bridgehead atoms. The lowest BCUT2D eigenvalue weighted by molar-refractivity contribution is 0.224. The summed E-state index contributed by atoms with van der Waals surface area (Å²) in [6.45, 7) is 2.56. The third-order valence-corrected chi connectivity index (χ3v) is 6.25. The number of benzene rings is 3. The first kappa shape index (κ1) is 21.6. The molecule has 1 atom stereocenters. The molecule has 0 saturated carbocycles. The molecule has 4 aromatic rings. The van der Waals surface area contributed by atoms with Crippen LogP contribution in [-0.2, 0) is 5.75 Å². The number of nitrogens with one attached hydrogen (secondary N) is 1. The van der Waals surface area contributed by atoms with E-state index in [2.05, 4.69) is 15.5 Å². The van der Waals surface area contributed by atoms with Crippen molar-refractivity contribution in [1.29, 1.82) is 0 Å². The SMILES string of the molecule is CCOc1cccc([C@H]2Nc3ccccc3-c3nnc(SCc4ccc(Cl)cc4)nc3O2)c1. The van der Waals surface area contributed by atoms with Crippen molar-refractivity contribution in [1.82, 2.24) is 15.2 Å². The number of anilines is 1. The molecule has 6 nitrogen and oxygen atoms in total. The van der Waals surface area contributed by atoms with Crippen LogP contribution in [0.5, 0.6) is 11.6 Å². The van der Waals surface area contributed by atoms with Crippen LogP contribution in [0.2, 0.25) is 5.02 Å². The van der Waals surface area contributed by atoms with Crippen molar-refractivity contribution < 1.29 is 9.47 Å². The van der Waals surface area contributed by atoms with Gasteiger partial charge in [-0.1, -0.05) is 65.8 Å². The minimum atomic E-state index is -0.460. The summed E-state index contributed by atoms with van der Waals surface area (Å²) >= 11 is 7.48. The van der Waals surface area contributed by atoms with Gasteiger partial charge in [-0.2, -0.15) is 4.98 Å². The summed E-state index contributed by atoms with van der Waals surface area (Å²) in [5.41, 5.74) is 4.46. The van der Waals surface area contributed by atoms with Gasteiger partial charge in [0.15, 0.2) is 11.9 Å². The van der Waals surface area contributed by atoms with Crippen molar-refractivity contribution in [2.75, 3.05) is 11.9 Å². The molecule has 0 unspecified atom stereocenters. The van der Waals surface area contributed by atoms with Gasteiger partial charge in [-0.15, -0.1) is 10.2 Å². The van der Waals surface area contributed by atoms with E-state index in [-0.39, 0.29) is 0 Å². The summed E-state index contributed by atoms with van der Waals surface area (Å²) in [6, 6.07) is 23.5. The summed E-state index contributed by atoms with van der Waals surface area (Å²) in [5.74, 6) is 1.93. The summed E-state index contributed by atoms with van der Waals surface area (Å²) in [6.07, 6.45) is -0.460. The van der Waals surface area contributed by atoms with Crippen molar-refractivity contribution in [2.45, 2.75) is 24.1 Å². The number of fused-ring (bicyclic) bond motifs is 3. The molecule has 0 fully saturated rings. The number of aromatic nitrogens is 3. The number of nitrogens with zero attached hydrogens (tertiary/aromatic N) is 3. The Bertz CT molecular complexity index is 1270. The van der Waals surface area contributed by atoms with Crippen LogP contribution >= 0.6 is 23.4 Å². The third kappa shape index (κ3) is 4.89. The van der Waals surface area contributed by atoms with E-state index >= 15 is 0 Å². The fraction of sp³-hybridized carbons (Fsp3) is 0.160. The molecular formula is C25H21ClN4O2S. The number of thioether (sulfide) groups is 1. The van der Waals surface area contributed by atoms with Gasteiger partial charge in [0.2, 0.25) is 11.0 Å². The smallest absolute Gasteiger partial charge is 0.247 e. The lowest BCUT2D eigenvalue weighted by Gasteiger charge is -2.20. The van der Waals surface area contributed by atoms with E-state index in [1.165, 1.54) is 11.8 Å². The normalized spacial score (nSPS) is 14.3. The van der Waals surface area contributed by atoms with Gasteiger partial charge in [-0.3, -0.25) is 0 Å². The first-order valence-electron chi connectivity index (χ1n) is 10.6. The summed E-state index contributed by atoms with van der Waals surface area (Å²) in [4.78, 5) is 4.71. The zero-order chi connectivity index (χ0) is 22.6. The average Bonchev–Trinajstić information content (AvgIpc) is 3.01. The van der Waals surface area contributed by atoms with Gasteiger partial charge in [-0.05, 0) is 42.8 Å². The minimum Gasteiger partial charge on any atom is -0.494 e. The maximum absolute atomic E-state index is 6.36. The molecule has 0 radical (unpaired) electrons. The number of rotatable bonds is 6. The first-order valence-corrected chi connectivity index (χ1v) is 11.9. The molecular weight excluding hydrogens is 456 g/mol. The molecule has 1 N–H and O–H groups in total. The number of hydrogen-bond acceptors (Lipinski definition) is 7. The molecule has 1 aliphatic rings. The van der Waals surface area contributed by atoms with Crippen LogP contribution in [0, 0.1) is 0 Å². The number of ether oxygens (including phenoxy) is 2. The van der Waals surface area contributed by atoms with E-state index in [0.29, 0.717) is 34.1 Å². The Morgan fingerprint density at radius 2 is 1.88 bits per heavy atom. The molecule has 0 saturated heterocycles. The zero-order valence-corrected chi connectivity index (χ0v) is 19.4. The predicted octanol–water partition coefficient (Wildman–Crippen LogP) is 6.39. The Hall–Kier alpha value is -3.29. The highest BCUT2D eigenvalue weighted by molar-refractivity contribution is 7.98. The second-order valence-corrected chi connectivity index (χ2v) is 8.74. The van der Waals surface area contributed by atoms with Crippen LogP contribution in [0.4, 0.5) is 5.69 Å². The average molecular weight is 477 g/mol. The number of para-hydroxylation sites is 1. The van der Waals surface area contributed by atoms with E-state index in [1.807, 2.05) is 79.7 Å². The van der Waals surface area contributed by atoms with E-state index in [9.17, 15) is 0 Å². The quantitative estimate of drug-likeness (QED) is 0.323. The topological polar surface area (TPSA) is 69.2 Å². The lowest BCUT2D eigenvalue weighted by atomic mass is 10.1. The maximum atomic E-state index is 6.36. The van der Waals surface area contributed by atoms with Crippen LogP contribution in [0.25, 0.3) is 11.3 Å². The Balaban J connectivity index is 1.47. The maximum Gasteiger partial charge on any atom is 0.247 e. The van der Waals surface area contributed by atoms with Crippen molar-refractivity contribution in [3.8, 4) is 22.9 Å². The lowest BCUT2D eigenvalue weighted by Crippen LogP contribution is -2.17. The molecule has 0 aliphatic carbocycles. The highest BCUT2D eigenvalue weighted by Gasteiger charge is 2.26. The van der Waals surface area contributed by atoms with Gasteiger partial charge in [-0.25, -0.2) is 0 Å². The molecule has 2 heterocycles. The molecule has 3 aromatic carbocycles. The summed E-state index contributed by atoms with van der Waals surface area (Å²) < 4.78 is 12.0. The van der Waals surface area contributed by atoms with Crippen LogP contribution in [-0.4, -0.2) is 21.8 Å². The molecule has 0 amide bonds. The first-order chi connectivity index (χ1) is 16.2. The van der Waals surface area contributed by atoms with Gasteiger partial charge in [0, 0.05) is 27.6 Å². The molecule has 5 rings (SSSR count). The van der Waals surface area contributed by atoms with Crippen molar-refractivity contribution in [3.63, 3.8) is 0 Å². The monoisotopic (exact) mass is 476 g/mol. The summed E-state index contributed by atoms with van der Waals surface area (Å²) in [5, 5.41) is 13.6. The van der Waals surface area contributed by atoms with Gasteiger partial charge in [0.05, 0.1) is 6.61 Å². The molecule has 8 heteroatoms. The second kappa shape index (κ2) is 9.68. The highest BCUT2D eigenvalue weighted by atomic mass is 35.5. The molecule has 166 valence electrons. The fourth-order valence-corrected chi connectivity index (χ4v) is 4.38. The second-order valence-electron chi connectivity index (χ2n) is 7.36. The standard InChI is InChI=1S/C25H21ClN4O2S/c1-2-31-19-7-5-6-17(14-19)23-27-21-9-4-3-8-20(21)22-24(32-23)28-25(30-29-22)33-15-16-10-12-18(26)13-11-16/h3-14,23,27H,2,15H2,1H3/t23-/m0/s1. The number of hydrogen-bond donors (Lipinski definition) is 1. The Morgan fingerprint density at radius 1 is 1.03 bits per heavy atom. The minimum absolute atomic E-state index is 0.438. The van der Waals surface area contributed by atoms with Crippen molar-refractivity contribution >= 4 is 29.1 Å². The van der Waals surface area contributed by atoms with Crippen molar-refractivity contribution in [2.24, 2.45) is 0 Å². The molecule has 33 heavy (non-hydrogen) atoms. The zero-order valence-electron chi connectivity index (χ0n) is 17.9. The van der Waals surface area contributed by atoms with Crippen LogP contribution in [0.1, 0.15) is 24.3 Å². The Kier molecular flexibility index (Phi) is 6.32.